The van der Waals surface area contributed by atoms with Crippen LogP contribution >= 0.6 is 0 Å². The first-order valence-electron chi connectivity index (χ1n) is 6.26. The minimum Gasteiger partial charge on any atom is -0.480 e. The fourth-order valence-electron chi connectivity index (χ4n) is 2.14. The lowest BCUT2D eigenvalue weighted by Gasteiger charge is -2.13. The quantitative estimate of drug-likeness (QED) is 0.731. The molecule has 0 spiro atoms. The summed E-state index contributed by atoms with van der Waals surface area (Å²) in [6, 6.07) is 7.71. The Morgan fingerprint density at radius 3 is 2.57 bits per heavy atom. The maximum absolute atomic E-state index is 12.2. The number of carboxylic acid groups (broad SMARTS) is 1. The van der Waals surface area contributed by atoms with Crippen molar-refractivity contribution in [3.8, 4) is 0 Å². The lowest BCUT2D eigenvalue weighted by Crippen LogP contribution is -2.43. The van der Waals surface area contributed by atoms with Gasteiger partial charge < -0.3 is 20.7 Å². The van der Waals surface area contributed by atoms with Crippen LogP contribution < -0.4 is 11.1 Å². The van der Waals surface area contributed by atoms with Crippen molar-refractivity contribution in [2.45, 2.75) is 12.5 Å². The van der Waals surface area contributed by atoms with Gasteiger partial charge >= 0.3 is 5.97 Å². The predicted octanol–water partition coefficient (Wildman–Crippen LogP) is 0.237. The van der Waals surface area contributed by atoms with Gasteiger partial charge in [0.05, 0.1) is 6.42 Å². The zero-order valence-corrected chi connectivity index (χ0v) is 11.4. The lowest BCUT2D eigenvalue weighted by atomic mass is 10.2. The molecule has 2 aromatic rings. The van der Waals surface area contributed by atoms with Gasteiger partial charge in [0.25, 0.3) is 5.91 Å². The number of fused-ring (bicyclic) bond motifs is 1. The molecule has 0 aliphatic heterocycles. The SMILES string of the molecule is Cn1c(C(=O)N[C@@H](CC(N)=O)C(=O)O)cc2ccccc21. The first-order valence-corrected chi connectivity index (χ1v) is 6.26. The summed E-state index contributed by atoms with van der Waals surface area (Å²) in [4.78, 5) is 34.1. The highest BCUT2D eigenvalue weighted by molar-refractivity contribution is 6.00. The van der Waals surface area contributed by atoms with Crippen molar-refractivity contribution < 1.29 is 19.5 Å². The summed E-state index contributed by atoms with van der Waals surface area (Å²) in [5, 5.41) is 12.2. The zero-order valence-electron chi connectivity index (χ0n) is 11.4. The molecule has 0 radical (unpaired) electrons. The van der Waals surface area contributed by atoms with Gasteiger partial charge in [-0.05, 0) is 12.1 Å². The van der Waals surface area contributed by atoms with E-state index in [0.717, 1.165) is 10.9 Å². The van der Waals surface area contributed by atoms with Crippen molar-refractivity contribution in [2.24, 2.45) is 12.8 Å². The minimum atomic E-state index is -1.34. The minimum absolute atomic E-state index is 0.312. The smallest absolute Gasteiger partial charge is 0.326 e. The third-order valence-electron chi connectivity index (χ3n) is 3.19. The summed E-state index contributed by atoms with van der Waals surface area (Å²) >= 11 is 0. The third kappa shape index (κ3) is 3.02. The average molecular weight is 289 g/mol. The van der Waals surface area contributed by atoms with Crippen LogP contribution in [0.5, 0.6) is 0 Å². The highest BCUT2D eigenvalue weighted by Crippen LogP contribution is 2.18. The molecule has 7 heteroatoms. The van der Waals surface area contributed by atoms with E-state index in [9.17, 15) is 14.4 Å². The van der Waals surface area contributed by atoms with Gasteiger partial charge in [0, 0.05) is 18.0 Å². The summed E-state index contributed by atoms with van der Waals surface area (Å²) in [5.74, 6) is -2.66. The summed E-state index contributed by atoms with van der Waals surface area (Å²) < 4.78 is 1.66. The van der Waals surface area contributed by atoms with Crippen molar-refractivity contribution in [3.63, 3.8) is 0 Å². The summed E-state index contributed by atoms with van der Waals surface area (Å²) in [5.41, 5.74) is 6.14. The van der Waals surface area contributed by atoms with Gasteiger partial charge in [0.15, 0.2) is 0 Å². The van der Waals surface area contributed by atoms with Crippen LogP contribution in [0.25, 0.3) is 10.9 Å². The second kappa shape index (κ2) is 5.66. The normalized spacial score (nSPS) is 12.0. The van der Waals surface area contributed by atoms with Gasteiger partial charge in [-0.2, -0.15) is 0 Å². The molecule has 0 aliphatic rings. The molecule has 0 aliphatic carbocycles. The van der Waals surface area contributed by atoms with E-state index in [-0.39, 0.29) is 0 Å². The van der Waals surface area contributed by atoms with Gasteiger partial charge in [0.1, 0.15) is 11.7 Å². The number of benzene rings is 1. The molecular formula is C14H15N3O4. The molecule has 1 aromatic heterocycles. The van der Waals surface area contributed by atoms with Gasteiger partial charge in [-0.15, -0.1) is 0 Å². The van der Waals surface area contributed by atoms with E-state index >= 15 is 0 Å². The predicted molar refractivity (Wildman–Crippen MR) is 75.6 cm³/mol. The number of carboxylic acids is 1. The Bertz CT molecular complexity index is 720. The molecule has 0 fully saturated rings. The van der Waals surface area contributed by atoms with E-state index in [0.29, 0.717) is 5.69 Å². The van der Waals surface area contributed by atoms with Crippen molar-refractivity contribution in [1.29, 1.82) is 0 Å². The molecule has 1 aromatic carbocycles. The number of carbonyl (C=O) groups excluding carboxylic acids is 2. The van der Waals surface area contributed by atoms with Crippen molar-refractivity contribution in [3.05, 3.63) is 36.0 Å². The van der Waals surface area contributed by atoms with Gasteiger partial charge in [0.2, 0.25) is 5.91 Å². The van der Waals surface area contributed by atoms with Gasteiger partial charge in [-0.25, -0.2) is 4.79 Å². The number of amides is 2. The first kappa shape index (κ1) is 14.6. The zero-order chi connectivity index (χ0) is 15.6. The monoisotopic (exact) mass is 289 g/mol. The number of nitrogens with two attached hydrogens (primary N) is 1. The summed E-state index contributed by atoms with van der Waals surface area (Å²) in [6.45, 7) is 0. The van der Waals surface area contributed by atoms with Crippen LogP contribution in [0.15, 0.2) is 30.3 Å². The van der Waals surface area contributed by atoms with E-state index in [1.54, 1.807) is 17.7 Å². The number of aliphatic carboxylic acids is 1. The van der Waals surface area contributed by atoms with Crippen LogP contribution in [0.1, 0.15) is 16.9 Å². The average Bonchev–Trinajstić information content (AvgIpc) is 2.75. The second-order valence-corrected chi connectivity index (χ2v) is 4.68. The number of aryl methyl sites for hydroxylation is 1. The van der Waals surface area contributed by atoms with E-state index in [1.165, 1.54) is 0 Å². The fourth-order valence-corrected chi connectivity index (χ4v) is 2.14. The van der Waals surface area contributed by atoms with Gasteiger partial charge in [-0.3, -0.25) is 9.59 Å². The summed E-state index contributed by atoms with van der Waals surface area (Å²) in [7, 11) is 1.71. The molecule has 21 heavy (non-hydrogen) atoms. The van der Waals surface area contributed by atoms with Gasteiger partial charge in [-0.1, -0.05) is 18.2 Å². The number of aromatic nitrogens is 1. The number of nitrogens with one attached hydrogen (secondary N) is 1. The maximum atomic E-state index is 12.2. The van der Waals surface area contributed by atoms with E-state index in [4.69, 9.17) is 10.8 Å². The maximum Gasteiger partial charge on any atom is 0.326 e. The molecule has 2 amide bonds. The van der Waals surface area contributed by atoms with Crippen molar-refractivity contribution in [2.75, 3.05) is 0 Å². The van der Waals surface area contributed by atoms with Crippen LogP contribution in [-0.2, 0) is 16.6 Å². The summed E-state index contributed by atoms with van der Waals surface area (Å²) in [6.07, 6.45) is -0.453. The Morgan fingerprint density at radius 2 is 2.00 bits per heavy atom. The topological polar surface area (TPSA) is 114 Å². The number of rotatable bonds is 5. The number of primary amides is 1. The molecule has 1 atom stereocenters. The molecule has 110 valence electrons. The number of hydrogen-bond donors (Lipinski definition) is 3. The number of nitrogens with zero attached hydrogens (tertiary/aromatic N) is 1. The van der Waals surface area contributed by atoms with E-state index in [2.05, 4.69) is 5.32 Å². The second-order valence-electron chi connectivity index (χ2n) is 4.68. The Kier molecular flexibility index (Phi) is 3.93. The Balaban J connectivity index is 2.27. The fraction of sp³-hybridized carbons (Fsp3) is 0.214. The number of carbonyl (C=O) groups is 3. The molecule has 0 saturated heterocycles. The highest BCUT2D eigenvalue weighted by atomic mass is 16.4. The van der Waals surface area contributed by atoms with Crippen LogP contribution in [-0.4, -0.2) is 33.5 Å². The number of hydrogen-bond acceptors (Lipinski definition) is 3. The standard InChI is InChI=1S/C14H15N3O4/c1-17-10-5-3-2-4-8(10)6-11(17)13(19)16-9(14(20)21)7-12(15)18/h2-6,9H,7H2,1H3,(H2,15,18)(H,16,19)(H,20,21)/t9-/m0/s1. The molecule has 0 unspecified atom stereocenters. The molecule has 4 N–H and O–H groups in total. The highest BCUT2D eigenvalue weighted by Gasteiger charge is 2.24. The van der Waals surface area contributed by atoms with Crippen LogP contribution in [0.3, 0.4) is 0 Å². The Hall–Kier alpha value is -2.83. The third-order valence-corrected chi connectivity index (χ3v) is 3.19. The largest absolute Gasteiger partial charge is 0.480 e. The van der Waals surface area contributed by atoms with Crippen molar-refractivity contribution in [1.82, 2.24) is 9.88 Å². The molecule has 0 saturated carbocycles. The number of para-hydroxylation sites is 1. The van der Waals surface area contributed by atoms with Crippen LogP contribution in [0.4, 0.5) is 0 Å². The molecule has 0 bridgehead atoms. The molecule has 7 nitrogen and oxygen atoms in total. The van der Waals surface area contributed by atoms with Crippen LogP contribution in [0.2, 0.25) is 0 Å². The Morgan fingerprint density at radius 1 is 1.33 bits per heavy atom. The van der Waals surface area contributed by atoms with Crippen molar-refractivity contribution >= 4 is 28.7 Å². The molecular weight excluding hydrogens is 274 g/mol. The lowest BCUT2D eigenvalue weighted by molar-refractivity contribution is -0.140. The molecule has 1 heterocycles. The Labute approximate surface area is 120 Å². The van der Waals surface area contributed by atoms with Crippen LogP contribution in [0, 0.1) is 0 Å². The first-order chi connectivity index (χ1) is 9.90. The van der Waals surface area contributed by atoms with E-state index < -0.39 is 30.2 Å². The van der Waals surface area contributed by atoms with E-state index in [1.807, 2.05) is 24.3 Å². The molecule has 2 rings (SSSR count).